The van der Waals surface area contributed by atoms with E-state index in [1.807, 2.05) is 12.1 Å². The van der Waals surface area contributed by atoms with Crippen molar-refractivity contribution in [3.63, 3.8) is 0 Å². The molecule has 0 bridgehead atoms. The van der Waals surface area contributed by atoms with Crippen molar-refractivity contribution in [2.45, 2.75) is 6.42 Å². The molecule has 0 N–H and O–H groups in total. The Morgan fingerprint density at radius 1 is 1.53 bits per heavy atom. The van der Waals surface area contributed by atoms with Gasteiger partial charge in [-0.1, -0.05) is 16.7 Å². The maximum Gasteiger partial charge on any atom is 0.129 e. The number of rotatable bonds is 3. The van der Waals surface area contributed by atoms with E-state index in [1.54, 1.807) is 17.4 Å². The van der Waals surface area contributed by atoms with E-state index in [0.29, 0.717) is 11.7 Å². The number of azide groups is 1. The van der Waals surface area contributed by atoms with Gasteiger partial charge in [-0.3, -0.25) is 0 Å². The number of nitrogens with zero attached hydrogens (tertiary/aromatic N) is 4. The quantitative estimate of drug-likeness (QED) is 0.347. The van der Waals surface area contributed by atoms with Gasteiger partial charge < -0.3 is 0 Å². The third-order valence-electron chi connectivity index (χ3n) is 1.91. The number of hydrogen-bond acceptors (Lipinski definition) is 3. The van der Waals surface area contributed by atoms with E-state index in [4.69, 9.17) is 17.1 Å². The highest BCUT2D eigenvalue weighted by atomic mass is 35.5. The van der Waals surface area contributed by atoms with Crippen LogP contribution in [0.4, 0.5) is 0 Å². The summed E-state index contributed by atoms with van der Waals surface area (Å²) in [6, 6.07) is 5.71. The molecule has 0 aliphatic heterocycles. The SMILES string of the molecule is [N-]=[N+]=NCCc1cc2nc(Cl)ccc2s1. The van der Waals surface area contributed by atoms with E-state index in [1.165, 1.54) is 0 Å². The molecular weight excluding hydrogens is 232 g/mol. The van der Waals surface area contributed by atoms with Gasteiger partial charge in [0.05, 0.1) is 10.2 Å². The molecule has 0 atom stereocenters. The van der Waals surface area contributed by atoms with Crippen LogP contribution in [0.3, 0.4) is 0 Å². The molecule has 0 unspecified atom stereocenters. The fourth-order valence-electron chi connectivity index (χ4n) is 1.28. The summed E-state index contributed by atoms with van der Waals surface area (Å²) in [5.41, 5.74) is 9.06. The van der Waals surface area contributed by atoms with Crippen molar-refractivity contribution in [2.24, 2.45) is 5.11 Å². The number of pyridine rings is 1. The maximum atomic E-state index is 8.15. The van der Waals surface area contributed by atoms with Crippen molar-refractivity contribution in [3.8, 4) is 0 Å². The Morgan fingerprint density at radius 2 is 2.40 bits per heavy atom. The smallest absolute Gasteiger partial charge is 0.129 e. The van der Waals surface area contributed by atoms with Gasteiger partial charge in [0.25, 0.3) is 0 Å². The molecule has 4 nitrogen and oxygen atoms in total. The molecular formula is C9H7ClN4S. The zero-order chi connectivity index (χ0) is 10.7. The standard InChI is InChI=1S/C9H7ClN4S/c10-9-2-1-8-7(13-9)5-6(15-8)3-4-12-14-11/h1-2,5H,3-4H2. The predicted octanol–water partition coefficient (Wildman–Crippen LogP) is 3.80. The first-order chi connectivity index (χ1) is 7.29. The van der Waals surface area contributed by atoms with E-state index in [2.05, 4.69) is 15.0 Å². The van der Waals surface area contributed by atoms with Crippen LogP contribution in [0.25, 0.3) is 20.7 Å². The molecule has 6 heteroatoms. The van der Waals surface area contributed by atoms with Crippen LogP contribution < -0.4 is 0 Å². The van der Waals surface area contributed by atoms with Crippen LogP contribution in [0.2, 0.25) is 5.15 Å². The molecule has 0 fully saturated rings. The van der Waals surface area contributed by atoms with Crippen molar-refractivity contribution in [1.82, 2.24) is 4.98 Å². The second kappa shape index (κ2) is 4.49. The molecule has 2 heterocycles. The van der Waals surface area contributed by atoms with Crippen molar-refractivity contribution in [1.29, 1.82) is 0 Å². The number of halogens is 1. The molecule has 15 heavy (non-hydrogen) atoms. The molecule has 0 saturated heterocycles. The molecule has 2 aromatic rings. The molecule has 0 aromatic carbocycles. The molecule has 0 aliphatic rings. The predicted molar refractivity (Wildman–Crippen MR) is 62.3 cm³/mol. The van der Waals surface area contributed by atoms with E-state index >= 15 is 0 Å². The number of fused-ring (bicyclic) bond motifs is 1. The van der Waals surface area contributed by atoms with Crippen LogP contribution in [-0.2, 0) is 6.42 Å². The minimum absolute atomic E-state index is 0.483. The van der Waals surface area contributed by atoms with Gasteiger partial charge in [-0.2, -0.15) is 0 Å². The van der Waals surface area contributed by atoms with Crippen LogP contribution >= 0.6 is 22.9 Å². The Bertz CT molecular complexity index is 530. The van der Waals surface area contributed by atoms with Crippen molar-refractivity contribution < 1.29 is 0 Å². The number of thiophene rings is 1. The Hall–Kier alpha value is -1.29. The van der Waals surface area contributed by atoms with Gasteiger partial charge in [0.15, 0.2) is 0 Å². The molecule has 76 valence electrons. The summed E-state index contributed by atoms with van der Waals surface area (Å²) in [6.45, 7) is 0.483. The summed E-state index contributed by atoms with van der Waals surface area (Å²) < 4.78 is 1.11. The fraction of sp³-hybridized carbons (Fsp3) is 0.222. The first-order valence-electron chi connectivity index (χ1n) is 4.35. The first kappa shape index (κ1) is 10.2. The van der Waals surface area contributed by atoms with Gasteiger partial charge >= 0.3 is 0 Å². The monoisotopic (exact) mass is 238 g/mol. The zero-order valence-electron chi connectivity index (χ0n) is 7.72. The number of hydrogen-bond donors (Lipinski definition) is 0. The molecule has 0 spiro atoms. The first-order valence-corrected chi connectivity index (χ1v) is 5.55. The van der Waals surface area contributed by atoms with Crippen molar-refractivity contribution in [3.05, 3.63) is 38.7 Å². The average Bonchev–Trinajstić information content (AvgIpc) is 2.60. The third kappa shape index (κ3) is 2.39. The Morgan fingerprint density at radius 3 is 3.20 bits per heavy atom. The van der Waals surface area contributed by atoms with Crippen LogP contribution in [0, 0.1) is 0 Å². The fourth-order valence-corrected chi connectivity index (χ4v) is 2.42. The van der Waals surface area contributed by atoms with Gasteiger partial charge in [0.1, 0.15) is 5.15 Å². The van der Waals surface area contributed by atoms with E-state index < -0.39 is 0 Å². The summed E-state index contributed by atoms with van der Waals surface area (Å²) in [4.78, 5) is 8.07. The van der Waals surface area contributed by atoms with Gasteiger partial charge in [-0.25, -0.2) is 4.98 Å². The summed E-state index contributed by atoms with van der Waals surface area (Å²) in [6.07, 6.45) is 0.753. The topological polar surface area (TPSA) is 61.7 Å². The van der Waals surface area contributed by atoms with E-state index in [0.717, 1.165) is 21.5 Å². The zero-order valence-corrected chi connectivity index (χ0v) is 9.29. The minimum Gasteiger partial charge on any atom is -0.235 e. The lowest BCUT2D eigenvalue weighted by Crippen LogP contribution is -1.82. The van der Waals surface area contributed by atoms with Crippen LogP contribution in [0.15, 0.2) is 23.3 Å². The highest BCUT2D eigenvalue weighted by Crippen LogP contribution is 2.25. The summed E-state index contributed by atoms with van der Waals surface area (Å²) >= 11 is 7.43. The van der Waals surface area contributed by atoms with Crippen molar-refractivity contribution in [2.75, 3.05) is 6.54 Å². The molecule has 2 aromatic heterocycles. The minimum atomic E-state index is 0.483. The van der Waals surface area contributed by atoms with E-state index in [9.17, 15) is 0 Å². The lowest BCUT2D eigenvalue weighted by molar-refractivity contribution is 0.975. The molecule has 2 rings (SSSR count). The van der Waals surface area contributed by atoms with Gasteiger partial charge in [-0.15, -0.1) is 11.3 Å². The van der Waals surface area contributed by atoms with Gasteiger partial charge in [-0.05, 0) is 30.2 Å². The Balaban J connectivity index is 2.26. The molecule has 0 saturated carbocycles. The summed E-state index contributed by atoms with van der Waals surface area (Å²) in [5.74, 6) is 0. The molecule has 0 amide bonds. The molecule has 0 aliphatic carbocycles. The van der Waals surface area contributed by atoms with Crippen LogP contribution in [0.5, 0.6) is 0 Å². The Labute approximate surface area is 95.1 Å². The van der Waals surface area contributed by atoms with Crippen molar-refractivity contribution >= 4 is 33.2 Å². The second-order valence-electron chi connectivity index (χ2n) is 2.93. The van der Waals surface area contributed by atoms with Gasteiger partial charge in [0, 0.05) is 16.3 Å². The lowest BCUT2D eigenvalue weighted by Gasteiger charge is -1.87. The third-order valence-corrected chi connectivity index (χ3v) is 3.27. The highest BCUT2D eigenvalue weighted by Gasteiger charge is 2.02. The largest absolute Gasteiger partial charge is 0.235 e. The summed E-state index contributed by atoms with van der Waals surface area (Å²) in [7, 11) is 0. The van der Waals surface area contributed by atoms with Crippen LogP contribution in [0.1, 0.15) is 4.88 Å². The lowest BCUT2D eigenvalue weighted by atomic mass is 10.3. The van der Waals surface area contributed by atoms with E-state index in [-0.39, 0.29) is 0 Å². The normalized spacial score (nSPS) is 10.2. The van der Waals surface area contributed by atoms with Gasteiger partial charge in [0.2, 0.25) is 0 Å². The summed E-state index contributed by atoms with van der Waals surface area (Å²) in [5, 5.41) is 4.00. The Kier molecular flexibility index (Phi) is 3.06. The average molecular weight is 239 g/mol. The second-order valence-corrected chi connectivity index (χ2v) is 4.49. The number of aromatic nitrogens is 1. The van der Waals surface area contributed by atoms with Crippen LogP contribution in [-0.4, -0.2) is 11.5 Å². The highest BCUT2D eigenvalue weighted by molar-refractivity contribution is 7.19. The maximum absolute atomic E-state index is 8.15. The molecule has 0 radical (unpaired) electrons.